The summed E-state index contributed by atoms with van der Waals surface area (Å²) in [7, 11) is 0. The molecule has 1 unspecified atom stereocenters. The van der Waals surface area contributed by atoms with E-state index in [0.29, 0.717) is 0 Å². The van der Waals surface area contributed by atoms with Gasteiger partial charge in [0.2, 0.25) is 0 Å². The van der Waals surface area contributed by atoms with Gasteiger partial charge in [0.25, 0.3) is 0 Å². The molecule has 0 saturated carbocycles. The minimum Gasteiger partial charge on any atom is -0.383 e. The van der Waals surface area contributed by atoms with Gasteiger partial charge in [-0.15, -0.1) is 11.3 Å². The van der Waals surface area contributed by atoms with E-state index in [0.717, 1.165) is 16.9 Å². The smallest absolute Gasteiger partial charge is 0.113 e. The molecule has 0 aliphatic carbocycles. The van der Waals surface area contributed by atoms with Gasteiger partial charge in [-0.1, -0.05) is 52.0 Å². The van der Waals surface area contributed by atoms with Crippen molar-refractivity contribution in [1.29, 1.82) is 0 Å². The lowest BCUT2D eigenvalue weighted by Crippen LogP contribution is -2.07. The summed E-state index contributed by atoms with van der Waals surface area (Å²) in [6, 6.07) is 12.4. The number of thiophene rings is 1. The summed E-state index contributed by atoms with van der Waals surface area (Å²) in [5.41, 5.74) is 2.42. The molecule has 1 aromatic heterocycles. The van der Waals surface area contributed by atoms with Crippen LogP contribution in [0.4, 0.5) is 0 Å². The summed E-state index contributed by atoms with van der Waals surface area (Å²) in [6.07, 6.45) is 0.524. The summed E-state index contributed by atoms with van der Waals surface area (Å²) >= 11 is 1.70. The van der Waals surface area contributed by atoms with Gasteiger partial charge >= 0.3 is 0 Å². The molecular weight excluding hydrogens is 252 g/mol. The Morgan fingerprint density at radius 3 is 2.16 bits per heavy atom. The van der Waals surface area contributed by atoms with E-state index in [-0.39, 0.29) is 5.41 Å². The van der Waals surface area contributed by atoms with E-state index in [2.05, 4.69) is 45.9 Å². The number of aryl methyl sites for hydroxylation is 1. The summed E-state index contributed by atoms with van der Waals surface area (Å²) in [5.74, 6) is 0. The van der Waals surface area contributed by atoms with Crippen LogP contribution >= 0.6 is 11.3 Å². The van der Waals surface area contributed by atoms with Crippen molar-refractivity contribution in [3.05, 3.63) is 57.3 Å². The van der Waals surface area contributed by atoms with Crippen LogP contribution in [0.15, 0.2) is 36.4 Å². The van der Waals surface area contributed by atoms with Gasteiger partial charge in [0.1, 0.15) is 6.10 Å². The number of aliphatic hydroxyl groups is 1. The molecule has 0 fully saturated rings. The molecule has 0 radical (unpaired) electrons. The fraction of sp³-hybridized carbons (Fsp3) is 0.412. The third-order valence-corrected chi connectivity index (χ3v) is 4.90. The molecule has 1 N–H and O–H groups in total. The van der Waals surface area contributed by atoms with Crippen LogP contribution in [0.5, 0.6) is 0 Å². The fourth-order valence-electron chi connectivity index (χ4n) is 2.00. The van der Waals surface area contributed by atoms with Crippen LogP contribution < -0.4 is 0 Å². The Balaban J connectivity index is 2.23. The molecular formula is C17H22OS. The molecule has 0 saturated heterocycles. The summed E-state index contributed by atoms with van der Waals surface area (Å²) in [5, 5.41) is 10.4. The average molecular weight is 274 g/mol. The molecule has 0 aliphatic rings. The first-order valence-corrected chi connectivity index (χ1v) is 7.60. The molecule has 0 amide bonds. The van der Waals surface area contributed by atoms with Crippen LogP contribution in [0.3, 0.4) is 0 Å². The molecule has 1 nitrogen and oxygen atoms in total. The lowest BCUT2D eigenvalue weighted by atomic mass is 9.95. The maximum absolute atomic E-state index is 10.4. The van der Waals surface area contributed by atoms with Crippen LogP contribution in [0.1, 0.15) is 54.7 Å². The van der Waals surface area contributed by atoms with E-state index in [1.54, 1.807) is 11.3 Å². The van der Waals surface area contributed by atoms with Gasteiger partial charge in [0.15, 0.2) is 0 Å². The molecule has 102 valence electrons. The molecule has 1 atom stereocenters. The van der Waals surface area contributed by atoms with Crippen LogP contribution in [-0.4, -0.2) is 5.11 Å². The van der Waals surface area contributed by atoms with Gasteiger partial charge in [0.05, 0.1) is 0 Å². The minimum atomic E-state index is -0.507. The summed E-state index contributed by atoms with van der Waals surface area (Å²) in [4.78, 5) is 2.33. The van der Waals surface area contributed by atoms with Crippen LogP contribution in [0.25, 0.3) is 0 Å². The predicted octanol–water partition coefficient (Wildman–Crippen LogP) is 4.69. The molecule has 1 aromatic carbocycles. The van der Waals surface area contributed by atoms with Crippen molar-refractivity contribution in [2.45, 2.75) is 45.6 Å². The number of hydrogen-bond donors (Lipinski definition) is 1. The van der Waals surface area contributed by atoms with Crippen LogP contribution in [0, 0.1) is 0 Å². The highest BCUT2D eigenvalue weighted by Crippen LogP contribution is 2.34. The van der Waals surface area contributed by atoms with Crippen molar-refractivity contribution in [2.75, 3.05) is 0 Å². The van der Waals surface area contributed by atoms with Gasteiger partial charge in [-0.3, -0.25) is 0 Å². The first-order valence-electron chi connectivity index (χ1n) is 6.79. The standard InChI is InChI=1S/C17H22OS/c1-5-12-6-8-13(9-7-12)16(18)14-10-11-15(19-14)17(2,3)4/h6-11,16,18H,5H2,1-4H3. The van der Waals surface area contributed by atoms with Gasteiger partial charge in [0, 0.05) is 9.75 Å². The zero-order valence-corrected chi connectivity index (χ0v) is 12.9. The normalized spacial score (nSPS) is 13.5. The first-order chi connectivity index (χ1) is 8.91. The highest BCUT2D eigenvalue weighted by molar-refractivity contribution is 7.12. The SMILES string of the molecule is CCc1ccc(C(O)c2ccc(C(C)(C)C)s2)cc1. The average Bonchev–Trinajstić information content (AvgIpc) is 2.87. The highest BCUT2D eigenvalue weighted by Gasteiger charge is 2.19. The molecule has 0 spiro atoms. The van der Waals surface area contributed by atoms with E-state index in [1.807, 2.05) is 18.2 Å². The Hall–Kier alpha value is -1.12. The second-order valence-electron chi connectivity index (χ2n) is 5.95. The number of benzene rings is 1. The second kappa shape index (κ2) is 5.48. The molecule has 2 heteroatoms. The zero-order chi connectivity index (χ0) is 14.0. The quantitative estimate of drug-likeness (QED) is 0.861. The van der Waals surface area contributed by atoms with Crippen LogP contribution in [0.2, 0.25) is 0 Å². The Labute approximate surface area is 119 Å². The Morgan fingerprint density at radius 2 is 1.68 bits per heavy atom. The number of aliphatic hydroxyl groups excluding tert-OH is 1. The van der Waals surface area contributed by atoms with Crippen molar-refractivity contribution in [2.24, 2.45) is 0 Å². The maximum Gasteiger partial charge on any atom is 0.113 e. The Kier molecular flexibility index (Phi) is 4.12. The van der Waals surface area contributed by atoms with Crippen molar-refractivity contribution >= 4 is 11.3 Å². The van der Waals surface area contributed by atoms with Crippen molar-refractivity contribution in [3.8, 4) is 0 Å². The van der Waals surface area contributed by atoms with Crippen molar-refractivity contribution < 1.29 is 5.11 Å². The van der Waals surface area contributed by atoms with Gasteiger partial charge in [-0.25, -0.2) is 0 Å². The van der Waals surface area contributed by atoms with E-state index in [9.17, 15) is 5.11 Å². The molecule has 0 aliphatic heterocycles. The van der Waals surface area contributed by atoms with Gasteiger partial charge in [-0.05, 0) is 35.1 Å². The lowest BCUT2D eigenvalue weighted by molar-refractivity contribution is 0.224. The van der Waals surface area contributed by atoms with Gasteiger partial charge < -0.3 is 5.11 Å². The minimum absolute atomic E-state index is 0.148. The Bertz CT molecular complexity index is 531. The first kappa shape index (κ1) is 14.3. The largest absolute Gasteiger partial charge is 0.383 e. The maximum atomic E-state index is 10.4. The molecule has 1 heterocycles. The molecule has 19 heavy (non-hydrogen) atoms. The summed E-state index contributed by atoms with van der Waals surface area (Å²) in [6.45, 7) is 8.74. The van der Waals surface area contributed by atoms with E-state index < -0.39 is 6.10 Å². The van der Waals surface area contributed by atoms with Crippen molar-refractivity contribution in [1.82, 2.24) is 0 Å². The van der Waals surface area contributed by atoms with Crippen LogP contribution in [-0.2, 0) is 11.8 Å². The van der Waals surface area contributed by atoms with E-state index in [1.165, 1.54) is 10.4 Å². The summed E-state index contributed by atoms with van der Waals surface area (Å²) < 4.78 is 0. The number of rotatable bonds is 3. The van der Waals surface area contributed by atoms with E-state index >= 15 is 0 Å². The third-order valence-electron chi connectivity index (χ3n) is 3.34. The topological polar surface area (TPSA) is 20.2 Å². The van der Waals surface area contributed by atoms with Gasteiger partial charge in [-0.2, -0.15) is 0 Å². The molecule has 2 aromatic rings. The fourth-order valence-corrected chi connectivity index (χ4v) is 3.08. The zero-order valence-electron chi connectivity index (χ0n) is 12.1. The Morgan fingerprint density at radius 1 is 1.05 bits per heavy atom. The highest BCUT2D eigenvalue weighted by atomic mass is 32.1. The molecule has 2 rings (SSSR count). The lowest BCUT2D eigenvalue weighted by Gasteiger charge is -2.16. The van der Waals surface area contributed by atoms with E-state index in [4.69, 9.17) is 0 Å². The molecule has 0 bridgehead atoms. The predicted molar refractivity (Wildman–Crippen MR) is 82.9 cm³/mol. The monoisotopic (exact) mass is 274 g/mol. The number of hydrogen-bond acceptors (Lipinski definition) is 2. The van der Waals surface area contributed by atoms with Crippen molar-refractivity contribution in [3.63, 3.8) is 0 Å². The third kappa shape index (κ3) is 3.26. The second-order valence-corrected chi connectivity index (χ2v) is 7.07.